The lowest BCUT2D eigenvalue weighted by Crippen LogP contribution is -2.39. The van der Waals surface area contributed by atoms with Crippen LogP contribution in [0.5, 0.6) is 0 Å². The van der Waals surface area contributed by atoms with Gasteiger partial charge in [0.1, 0.15) is 11.4 Å². The molecule has 0 bridgehead atoms. The summed E-state index contributed by atoms with van der Waals surface area (Å²) >= 11 is 2.94. The summed E-state index contributed by atoms with van der Waals surface area (Å²) < 4.78 is 32.9. The molecule has 2 nitrogen and oxygen atoms in total. The fourth-order valence-electron chi connectivity index (χ4n) is 1.65. The second kappa shape index (κ2) is 5.89. The largest absolute Gasteiger partial charge is 0.367 e. The standard InChI is InChI=1S/C13H15BrF2O2/c1-4-13(3,18-5-2)12(17)10-9(15)7-6-8(14)11(10)16/h6-7H,4-5H2,1-3H3. The van der Waals surface area contributed by atoms with E-state index < -0.39 is 28.6 Å². The van der Waals surface area contributed by atoms with Gasteiger partial charge >= 0.3 is 0 Å². The lowest BCUT2D eigenvalue weighted by Gasteiger charge is -2.27. The monoisotopic (exact) mass is 320 g/mol. The molecular formula is C13H15BrF2O2. The second-order valence-electron chi connectivity index (χ2n) is 4.06. The van der Waals surface area contributed by atoms with Crippen molar-refractivity contribution in [2.75, 3.05) is 6.61 Å². The van der Waals surface area contributed by atoms with Crippen molar-refractivity contribution >= 4 is 21.7 Å². The van der Waals surface area contributed by atoms with Gasteiger partial charge in [0, 0.05) is 6.61 Å². The first-order valence-electron chi connectivity index (χ1n) is 5.69. The van der Waals surface area contributed by atoms with Gasteiger partial charge in [-0.15, -0.1) is 0 Å². The maximum Gasteiger partial charge on any atom is 0.200 e. The molecule has 0 aromatic heterocycles. The third-order valence-electron chi connectivity index (χ3n) is 2.89. The lowest BCUT2D eigenvalue weighted by atomic mass is 9.91. The van der Waals surface area contributed by atoms with Gasteiger partial charge in [-0.1, -0.05) is 6.92 Å². The highest BCUT2D eigenvalue weighted by Crippen LogP contribution is 2.28. The number of Topliss-reactive ketones (excluding diaryl/α,β-unsaturated/α-hetero) is 1. The number of carbonyl (C=O) groups is 1. The Morgan fingerprint density at radius 2 is 2.00 bits per heavy atom. The average molecular weight is 321 g/mol. The van der Waals surface area contributed by atoms with E-state index in [0.717, 1.165) is 6.07 Å². The van der Waals surface area contributed by atoms with Crippen molar-refractivity contribution in [3.63, 3.8) is 0 Å². The highest BCUT2D eigenvalue weighted by Gasteiger charge is 2.36. The van der Waals surface area contributed by atoms with Crippen LogP contribution in [0.25, 0.3) is 0 Å². The number of hydrogen-bond acceptors (Lipinski definition) is 2. The summed E-state index contributed by atoms with van der Waals surface area (Å²) in [6, 6.07) is 2.29. The van der Waals surface area contributed by atoms with E-state index in [2.05, 4.69) is 15.9 Å². The van der Waals surface area contributed by atoms with Crippen LogP contribution in [0.2, 0.25) is 0 Å². The Balaban J connectivity index is 3.30. The van der Waals surface area contributed by atoms with Gasteiger partial charge in [-0.3, -0.25) is 4.79 Å². The van der Waals surface area contributed by atoms with Crippen LogP contribution in [-0.2, 0) is 4.74 Å². The molecule has 0 fully saturated rings. The zero-order valence-corrected chi connectivity index (χ0v) is 12.1. The summed E-state index contributed by atoms with van der Waals surface area (Å²) in [6.07, 6.45) is 0.338. The van der Waals surface area contributed by atoms with E-state index in [4.69, 9.17) is 4.74 Å². The molecule has 0 aliphatic rings. The summed E-state index contributed by atoms with van der Waals surface area (Å²) in [5, 5.41) is 0. The molecule has 0 radical (unpaired) electrons. The molecule has 0 aliphatic heterocycles. The van der Waals surface area contributed by atoms with Gasteiger partial charge in [-0.25, -0.2) is 8.78 Å². The number of ether oxygens (including phenoxy) is 1. The number of halogens is 3. The van der Waals surface area contributed by atoms with Crippen molar-refractivity contribution in [2.24, 2.45) is 0 Å². The van der Waals surface area contributed by atoms with Crippen LogP contribution in [0.1, 0.15) is 37.6 Å². The van der Waals surface area contributed by atoms with Crippen LogP contribution in [0, 0.1) is 11.6 Å². The molecule has 1 rings (SSSR count). The summed E-state index contributed by atoms with van der Waals surface area (Å²) in [4.78, 5) is 12.3. The Labute approximate surface area is 113 Å². The first kappa shape index (κ1) is 15.2. The molecule has 0 amide bonds. The molecular weight excluding hydrogens is 306 g/mol. The summed E-state index contributed by atoms with van der Waals surface area (Å²) in [6.45, 7) is 5.31. The van der Waals surface area contributed by atoms with Gasteiger partial charge in [0.2, 0.25) is 0 Å². The summed E-state index contributed by atoms with van der Waals surface area (Å²) in [7, 11) is 0. The number of benzene rings is 1. The zero-order valence-electron chi connectivity index (χ0n) is 10.5. The maximum atomic E-state index is 13.9. The molecule has 0 saturated heterocycles. The molecule has 18 heavy (non-hydrogen) atoms. The minimum absolute atomic E-state index is 0.0576. The number of carbonyl (C=O) groups excluding carboxylic acids is 1. The molecule has 100 valence electrons. The molecule has 1 atom stereocenters. The summed E-state index contributed by atoms with van der Waals surface area (Å²) in [5.41, 5.74) is -1.76. The molecule has 5 heteroatoms. The highest BCUT2D eigenvalue weighted by molar-refractivity contribution is 9.10. The van der Waals surface area contributed by atoms with Gasteiger partial charge in [-0.2, -0.15) is 0 Å². The van der Waals surface area contributed by atoms with E-state index in [0.29, 0.717) is 13.0 Å². The van der Waals surface area contributed by atoms with Gasteiger partial charge in [-0.05, 0) is 48.3 Å². The molecule has 0 heterocycles. The topological polar surface area (TPSA) is 26.3 Å². The van der Waals surface area contributed by atoms with Crippen molar-refractivity contribution in [1.29, 1.82) is 0 Å². The van der Waals surface area contributed by atoms with Gasteiger partial charge in [0.15, 0.2) is 11.6 Å². The van der Waals surface area contributed by atoms with Crippen LogP contribution in [0.4, 0.5) is 8.78 Å². The Kier molecular flexibility index (Phi) is 4.99. The smallest absolute Gasteiger partial charge is 0.200 e. The SMILES string of the molecule is CCOC(C)(CC)C(=O)c1c(F)ccc(Br)c1F. The third kappa shape index (κ3) is 2.78. The van der Waals surface area contributed by atoms with Crippen molar-refractivity contribution < 1.29 is 18.3 Å². The Morgan fingerprint density at radius 3 is 2.50 bits per heavy atom. The molecule has 1 unspecified atom stereocenters. The normalized spacial score (nSPS) is 14.3. The summed E-state index contributed by atoms with van der Waals surface area (Å²) in [5.74, 6) is -2.44. The molecule has 1 aromatic rings. The predicted molar refractivity (Wildman–Crippen MR) is 68.7 cm³/mol. The van der Waals surface area contributed by atoms with Crippen LogP contribution in [0.15, 0.2) is 16.6 Å². The third-order valence-corrected chi connectivity index (χ3v) is 3.50. The number of ketones is 1. The Hall–Kier alpha value is -0.810. The number of rotatable bonds is 5. The van der Waals surface area contributed by atoms with Crippen molar-refractivity contribution in [1.82, 2.24) is 0 Å². The molecule has 1 aromatic carbocycles. The van der Waals surface area contributed by atoms with Crippen molar-refractivity contribution in [2.45, 2.75) is 32.8 Å². The van der Waals surface area contributed by atoms with E-state index in [1.165, 1.54) is 6.07 Å². The fraction of sp³-hybridized carbons (Fsp3) is 0.462. The quantitative estimate of drug-likeness (QED) is 0.602. The first-order valence-corrected chi connectivity index (χ1v) is 6.49. The van der Waals surface area contributed by atoms with E-state index in [1.807, 2.05) is 0 Å². The second-order valence-corrected chi connectivity index (χ2v) is 4.92. The van der Waals surface area contributed by atoms with E-state index in [1.54, 1.807) is 20.8 Å². The van der Waals surface area contributed by atoms with Gasteiger partial charge in [0.05, 0.1) is 10.0 Å². The minimum Gasteiger partial charge on any atom is -0.367 e. The maximum absolute atomic E-state index is 13.9. The van der Waals surface area contributed by atoms with Crippen molar-refractivity contribution in [3.05, 3.63) is 33.8 Å². The highest BCUT2D eigenvalue weighted by atomic mass is 79.9. The van der Waals surface area contributed by atoms with Crippen molar-refractivity contribution in [3.8, 4) is 0 Å². The molecule has 0 spiro atoms. The van der Waals surface area contributed by atoms with Gasteiger partial charge < -0.3 is 4.74 Å². The zero-order chi connectivity index (χ0) is 13.9. The molecule has 0 aliphatic carbocycles. The first-order chi connectivity index (χ1) is 8.37. The van der Waals surface area contributed by atoms with E-state index in [-0.39, 0.29) is 4.47 Å². The minimum atomic E-state index is -1.21. The Morgan fingerprint density at radius 1 is 1.39 bits per heavy atom. The molecule has 0 N–H and O–H groups in total. The molecule has 0 saturated carbocycles. The van der Waals surface area contributed by atoms with Gasteiger partial charge in [0.25, 0.3) is 0 Å². The van der Waals surface area contributed by atoms with E-state index in [9.17, 15) is 13.6 Å². The fourth-order valence-corrected chi connectivity index (χ4v) is 1.98. The Bertz CT molecular complexity index is 463. The lowest BCUT2D eigenvalue weighted by molar-refractivity contribution is -0.0121. The van der Waals surface area contributed by atoms with Crippen LogP contribution < -0.4 is 0 Å². The predicted octanol–water partition coefficient (Wildman–Crippen LogP) is 4.12. The van der Waals surface area contributed by atoms with Crippen LogP contribution in [-0.4, -0.2) is 18.0 Å². The van der Waals surface area contributed by atoms with Crippen LogP contribution in [0.3, 0.4) is 0 Å². The van der Waals surface area contributed by atoms with E-state index >= 15 is 0 Å². The average Bonchev–Trinajstić information content (AvgIpc) is 2.34. The number of hydrogen-bond donors (Lipinski definition) is 0. The van der Waals surface area contributed by atoms with Crippen LogP contribution >= 0.6 is 15.9 Å².